The summed E-state index contributed by atoms with van der Waals surface area (Å²) in [4.78, 5) is 7.90. The average Bonchev–Trinajstić information content (AvgIpc) is 2.55. The van der Waals surface area contributed by atoms with Gasteiger partial charge >= 0.3 is 0 Å². The minimum absolute atomic E-state index is 0.119. The summed E-state index contributed by atoms with van der Waals surface area (Å²) in [5.74, 6) is 0.373. The van der Waals surface area contributed by atoms with Crippen LogP contribution < -0.4 is 4.74 Å². The van der Waals surface area contributed by atoms with Crippen LogP contribution in [0.5, 0.6) is 5.88 Å². The molecule has 2 heterocycles. The molecule has 1 aliphatic rings. The zero-order chi connectivity index (χ0) is 17.2. The number of piperidine rings is 1. The molecule has 1 aromatic heterocycles. The molecule has 1 saturated heterocycles. The van der Waals surface area contributed by atoms with Gasteiger partial charge in [0.2, 0.25) is 15.9 Å². The van der Waals surface area contributed by atoms with Crippen LogP contribution >= 0.6 is 0 Å². The van der Waals surface area contributed by atoms with Crippen LogP contribution in [0, 0.1) is 12.7 Å². The Kier molecular flexibility index (Phi) is 4.77. The van der Waals surface area contributed by atoms with Crippen LogP contribution in [0.2, 0.25) is 0 Å². The van der Waals surface area contributed by atoms with Crippen molar-refractivity contribution in [3.8, 4) is 5.88 Å². The Balaban J connectivity index is 1.66. The molecule has 1 fully saturated rings. The van der Waals surface area contributed by atoms with Crippen LogP contribution in [0.15, 0.2) is 41.4 Å². The highest BCUT2D eigenvalue weighted by Gasteiger charge is 2.31. The molecular weight excluding hydrogens is 333 g/mol. The van der Waals surface area contributed by atoms with Gasteiger partial charge in [-0.05, 0) is 31.9 Å². The smallest absolute Gasteiger partial charge is 0.245 e. The number of rotatable bonds is 4. The normalized spacial score (nSPS) is 16.9. The van der Waals surface area contributed by atoms with Crippen molar-refractivity contribution in [1.29, 1.82) is 0 Å². The van der Waals surface area contributed by atoms with Gasteiger partial charge in [-0.2, -0.15) is 9.29 Å². The third-order valence-electron chi connectivity index (χ3n) is 3.89. The van der Waals surface area contributed by atoms with Crippen molar-refractivity contribution in [2.45, 2.75) is 30.8 Å². The number of hydrogen-bond acceptors (Lipinski definition) is 5. The van der Waals surface area contributed by atoms with Gasteiger partial charge in [0.1, 0.15) is 22.6 Å². The summed E-state index contributed by atoms with van der Waals surface area (Å²) in [6, 6.07) is 7.11. The quantitative estimate of drug-likeness (QED) is 0.844. The molecule has 0 spiro atoms. The van der Waals surface area contributed by atoms with E-state index in [0.29, 0.717) is 24.5 Å². The predicted molar refractivity (Wildman–Crippen MR) is 85.6 cm³/mol. The molecule has 24 heavy (non-hydrogen) atoms. The van der Waals surface area contributed by atoms with Crippen molar-refractivity contribution in [2.75, 3.05) is 13.1 Å². The summed E-state index contributed by atoms with van der Waals surface area (Å²) in [6.45, 7) is 2.34. The second kappa shape index (κ2) is 6.82. The highest BCUT2D eigenvalue weighted by molar-refractivity contribution is 7.89. The lowest BCUT2D eigenvalue weighted by molar-refractivity contribution is 0.129. The summed E-state index contributed by atoms with van der Waals surface area (Å²) in [5.41, 5.74) is 0. The van der Waals surface area contributed by atoms with E-state index in [4.69, 9.17) is 4.74 Å². The molecule has 0 radical (unpaired) electrons. The summed E-state index contributed by atoms with van der Waals surface area (Å²) in [5, 5.41) is 0. The van der Waals surface area contributed by atoms with E-state index in [9.17, 15) is 12.8 Å². The van der Waals surface area contributed by atoms with Crippen molar-refractivity contribution < 1.29 is 17.5 Å². The van der Waals surface area contributed by atoms with Crippen molar-refractivity contribution in [2.24, 2.45) is 0 Å². The first kappa shape index (κ1) is 16.8. The number of hydrogen-bond donors (Lipinski definition) is 0. The molecule has 0 saturated carbocycles. The van der Waals surface area contributed by atoms with E-state index in [1.54, 1.807) is 19.2 Å². The zero-order valence-corrected chi connectivity index (χ0v) is 14.0. The molecule has 0 unspecified atom stereocenters. The molecule has 0 aliphatic carbocycles. The van der Waals surface area contributed by atoms with Gasteiger partial charge in [-0.3, -0.25) is 0 Å². The van der Waals surface area contributed by atoms with Gasteiger partial charge < -0.3 is 4.74 Å². The number of aromatic nitrogens is 2. The van der Waals surface area contributed by atoms with Crippen LogP contribution in [0.3, 0.4) is 0 Å². The Bertz CT molecular complexity index is 821. The van der Waals surface area contributed by atoms with E-state index in [1.807, 2.05) is 0 Å². The number of ether oxygens (including phenoxy) is 1. The first-order chi connectivity index (χ1) is 11.5. The Morgan fingerprint density at radius 1 is 1.21 bits per heavy atom. The SMILES string of the molecule is Cc1nccc(OC2CCN(S(=O)(=O)c3ccccc3F)CC2)n1. The van der Waals surface area contributed by atoms with E-state index in [-0.39, 0.29) is 24.1 Å². The minimum atomic E-state index is -3.82. The summed E-state index contributed by atoms with van der Waals surface area (Å²) < 4.78 is 46.0. The fourth-order valence-corrected chi connectivity index (χ4v) is 4.19. The van der Waals surface area contributed by atoms with Crippen LogP contribution in [-0.2, 0) is 10.0 Å². The lowest BCUT2D eigenvalue weighted by atomic mass is 10.1. The summed E-state index contributed by atoms with van der Waals surface area (Å²) >= 11 is 0. The fraction of sp³-hybridized carbons (Fsp3) is 0.375. The largest absolute Gasteiger partial charge is 0.474 e. The minimum Gasteiger partial charge on any atom is -0.474 e. The Labute approximate surface area is 140 Å². The molecule has 2 aromatic rings. The second-order valence-corrected chi connectivity index (χ2v) is 7.50. The lowest BCUT2D eigenvalue weighted by Crippen LogP contribution is -2.42. The van der Waals surface area contributed by atoms with Crippen molar-refractivity contribution in [1.82, 2.24) is 14.3 Å². The molecule has 0 bridgehead atoms. The standard InChI is InChI=1S/C16H18FN3O3S/c1-12-18-9-6-16(19-12)23-13-7-10-20(11-8-13)24(21,22)15-5-3-2-4-14(15)17/h2-6,9,13H,7-8,10-11H2,1H3. The topological polar surface area (TPSA) is 72.4 Å². The van der Waals surface area contributed by atoms with Crippen molar-refractivity contribution in [3.63, 3.8) is 0 Å². The number of sulfonamides is 1. The molecule has 128 valence electrons. The van der Waals surface area contributed by atoms with Crippen LogP contribution in [0.4, 0.5) is 4.39 Å². The highest BCUT2D eigenvalue weighted by Crippen LogP contribution is 2.24. The molecule has 1 aliphatic heterocycles. The van der Waals surface area contributed by atoms with Gasteiger partial charge in [0.15, 0.2) is 0 Å². The monoisotopic (exact) mass is 351 g/mol. The Morgan fingerprint density at radius 2 is 1.92 bits per heavy atom. The van der Waals surface area contributed by atoms with Gasteiger partial charge in [-0.1, -0.05) is 12.1 Å². The molecule has 0 N–H and O–H groups in total. The highest BCUT2D eigenvalue weighted by atomic mass is 32.2. The van der Waals surface area contributed by atoms with E-state index in [0.717, 1.165) is 6.07 Å². The van der Waals surface area contributed by atoms with E-state index >= 15 is 0 Å². The first-order valence-corrected chi connectivity index (χ1v) is 9.12. The zero-order valence-electron chi connectivity index (χ0n) is 13.2. The first-order valence-electron chi connectivity index (χ1n) is 7.68. The second-order valence-electron chi connectivity index (χ2n) is 5.59. The van der Waals surface area contributed by atoms with E-state index < -0.39 is 15.8 Å². The van der Waals surface area contributed by atoms with Gasteiger partial charge in [-0.25, -0.2) is 17.8 Å². The molecule has 3 rings (SSSR count). The maximum absolute atomic E-state index is 13.8. The van der Waals surface area contributed by atoms with E-state index in [2.05, 4.69) is 9.97 Å². The average molecular weight is 351 g/mol. The third-order valence-corrected chi connectivity index (χ3v) is 5.83. The van der Waals surface area contributed by atoms with Crippen molar-refractivity contribution in [3.05, 3.63) is 48.2 Å². The molecule has 0 amide bonds. The molecule has 8 heteroatoms. The van der Waals surface area contributed by atoms with Gasteiger partial charge in [-0.15, -0.1) is 0 Å². The molecule has 0 atom stereocenters. The molecular formula is C16H18FN3O3S. The van der Waals surface area contributed by atoms with Crippen molar-refractivity contribution >= 4 is 10.0 Å². The summed E-state index contributed by atoms with van der Waals surface area (Å²) in [7, 11) is -3.82. The van der Waals surface area contributed by atoms with E-state index in [1.165, 1.54) is 22.5 Å². The van der Waals surface area contributed by atoms with Gasteiger partial charge in [0.05, 0.1) is 0 Å². The molecule has 1 aromatic carbocycles. The fourth-order valence-electron chi connectivity index (χ4n) is 2.65. The maximum Gasteiger partial charge on any atom is 0.245 e. The van der Waals surface area contributed by atoms with Crippen LogP contribution in [0.25, 0.3) is 0 Å². The van der Waals surface area contributed by atoms with Gasteiger partial charge in [0.25, 0.3) is 0 Å². The van der Waals surface area contributed by atoms with Gasteiger partial charge in [0, 0.05) is 25.4 Å². The predicted octanol–water partition coefficient (Wildman–Crippen LogP) is 2.16. The molecule has 6 nitrogen and oxygen atoms in total. The number of nitrogens with zero attached hydrogens (tertiary/aromatic N) is 3. The van der Waals surface area contributed by atoms with Crippen LogP contribution in [-0.4, -0.2) is 41.9 Å². The maximum atomic E-state index is 13.8. The number of benzene rings is 1. The summed E-state index contributed by atoms with van der Waals surface area (Å²) in [6.07, 6.45) is 2.55. The lowest BCUT2D eigenvalue weighted by Gasteiger charge is -2.31. The Morgan fingerprint density at radius 3 is 2.58 bits per heavy atom. The number of halogens is 1. The van der Waals surface area contributed by atoms with Crippen LogP contribution in [0.1, 0.15) is 18.7 Å². The number of aryl methyl sites for hydroxylation is 1. The third kappa shape index (κ3) is 3.54. The Hall–Kier alpha value is -2.06.